The lowest BCUT2D eigenvalue weighted by atomic mass is 9.98. The highest BCUT2D eigenvalue weighted by Gasteiger charge is 2.15. The number of hydrogen-bond acceptors (Lipinski definition) is 6. The van der Waals surface area contributed by atoms with Gasteiger partial charge in [0.25, 0.3) is 0 Å². The number of nitrogens with zero attached hydrogens (tertiary/aromatic N) is 5. The first-order chi connectivity index (χ1) is 21.3. The van der Waals surface area contributed by atoms with Crippen molar-refractivity contribution in [2.45, 2.75) is 0 Å². The molecule has 0 radical (unpaired) electrons. The van der Waals surface area contributed by atoms with Crippen molar-refractivity contribution >= 4 is 66.2 Å². The summed E-state index contributed by atoms with van der Waals surface area (Å²) in [6.07, 6.45) is 0. The van der Waals surface area contributed by atoms with Gasteiger partial charge in [-0.25, -0.2) is 15.0 Å². The number of rotatable bonds is 3. The lowest BCUT2D eigenvalue weighted by Gasteiger charge is -2.11. The number of pyridine rings is 3. The second-order valence-corrected chi connectivity index (χ2v) is 11.2. The topological polar surface area (TPSA) is 64.5 Å². The molecule has 6 heteroatoms. The van der Waals surface area contributed by atoms with Gasteiger partial charge < -0.3 is 0 Å². The third kappa shape index (κ3) is 3.88. The second-order valence-electron chi connectivity index (χ2n) is 10.6. The van der Waals surface area contributed by atoms with Gasteiger partial charge in [0.05, 0.1) is 45.4 Å². The molecule has 4 heterocycles. The van der Waals surface area contributed by atoms with E-state index in [-0.39, 0.29) is 0 Å². The zero-order chi connectivity index (χ0) is 28.3. The van der Waals surface area contributed by atoms with Crippen LogP contribution >= 0.6 is 11.7 Å². The smallest absolute Gasteiger partial charge is 0.113 e. The summed E-state index contributed by atoms with van der Waals surface area (Å²) in [6.45, 7) is 0. The molecule has 0 spiro atoms. The maximum absolute atomic E-state index is 5.14. The third-order valence-corrected chi connectivity index (χ3v) is 8.67. The van der Waals surface area contributed by atoms with Crippen molar-refractivity contribution in [2.24, 2.45) is 0 Å². The van der Waals surface area contributed by atoms with Crippen LogP contribution in [0.1, 0.15) is 0 Å². The van der Waals surface area contributed by atoms with Crippen LogP contribution in [0.25, 0.3) is 88.3 Å². The molecule has 0 amide bonds. The molecule has 0 bridgehead atoms. The van der Waals surface area contributed by atoms with Gasteiger partial charge in [0.2, 0.25) is 0 Å². The van der Waals surface area contributed by atoms with Crippen molar-refractivity contribution in [3.05, 3.63) is 127 Å². The molecule has 0 aliphatic rings. The van der Waals surface area contributed by atoms with E-state index in [9.17, 15) is 0 Å². The van der Waals surface area contributed by atoms with E-state index in [1.807, 2.05) is 36.4 Å². The van der Waals surface area contributed by atoms with E-state index in [2.05, 4.69) is 99.7 Å². The molecule has 5 aromatic carbocycles. The summed E-state index contributed by atoms with van der Waals surface area (Å²) in [6, 6.07) is 43.9. The van der Waals surface area contributed by atoms with E-state index in [1.54, 1.807) is 0 Å². The second kappa shape index (κ2) is 9.48. The Morgan fingerprint density at radius 1 is 0.395 bits per heavy atom. The van der Waals surface area contributed by atoms with Gasteiger partial charge in [-0.05, 0) is 30.3 Å². The minimum atomic E-state index is 0.903. The first kappa shape index (κ1) is 24.1. The molecule has 0 aliphatic heterocycles. The summed E-state index contributed by atoms with van der Waals surface area (Å²) in [7, 11) is 0. The van der Waals surface area contributed by atoms with Crippen molar-refractivity contribution in [3.8, 4) is 33.8 Å². The van der Waals surface area contributed by atoms with Crippen LogP contribution in [0.3, 0.4) is 0 Å². The summed E-state index contributed by atoms with van der Waals surface area (Å²) in [5.74, 6) is 0. The molecule has 43 heavy (non-hydrogen) atoms. The number of aromatic nitrogens is 5. The van der Waals surface area contributed by atoms with Crippen molar-refractivity contribution in [2.75, 3.05) is 0 Å². The molecule has 4 aromatic heterocycles. The van der Waals surface area contributed by atoms with Gasteiger partial charge in [-0.2, -0.15) is 8.75 Å². The Kier molecular flexibility index (Phi) is 5.30. The fourth-order valence-electron chi connectivity index (χ4n) is 6.00. The monoisotopic (exact) mass is 567 g/mol. The number of fused-ring (bicyclic) bond motifs is 8. The summed E-state index contributed by atoms with van der Waals surface area (Å²) in [5.41, 5.74) is 10.6. The Balaban J connectivity index is 1.17. The predicted octanol–water partition coefficient (Wildman–Crippen LogP) is 9.49. The Morgan fingerprint density at radius 3 is 1.77 bits per heavy atom. The molecule has 5 nitrogen and oxygen atoms in total. The number of hydrogen-bond donors (Lipinski definition) is 0. The molecule has 0 saturated carbocycles. The molecule has 0 atom stereocenters. The van der Waals surface area contributed by atoms with Crippen LogP contribution in [-0.2, 0) is 0 Å². The van der Waals surface area contributed by atoms with Crippen LogP contribution < -0.4 is 0 Å². The Labute approximate surface area is 250 Å². The van der Waals surface area contributed by atoms with Crippen molar-refractivity contribution in [1.29, 1.82) is 0 Å². The Bertz CT molecular complexity index is 2500. The van der Waals surface area contributed by atoms with E-state index >= 15 is 0 Å². The lowest BCUT2D eigenvalue weighted by Crippen LogP contribution is -1.92. The molecule has 0 aliphatic carbocycles. The quantitative estimate of drug-likeness (QED) is 0.199. The average molecular weight is 568 g/mol. The molecule has 9 rings (SSSR count). The van der Waals surface area contributed by atoms with E-state index in [4.69, 9.17) is 15.0 Å². The zero-order valence-corrected chi connectivity index (χ0v) is 23.6. The molecule has 0 saturated heterocycles. The summed E-state index contributed by atoms with van der Waals surface area (Å²) >= 11 is 1.25. The van der Waals surface area contributed by atoms with Gasteiger partial charge in [-0.1, -0.05) is 97.1 Å². The van der Waals surface area contributed by atoms with E-state index in [1.165, 1.54) is 11.7 Å². The number of benzene rings is 5. The van der Waals surface area contributed by atoms with Gasteiger partial charge in [-0.15, -0.1) is 0 Å². The van der Waals surface area contributed by atoms with E-state index in [0.29, 0.717) is 0 Å². The highest BCUT2D eigenvalue weighted by Crippen LogP contribution is 2.37. The molecule has 0 unspecified atom stereocenters. The Morgan fingerprint density at radius 2 is 1.02 bits per heavy atom. The van der Waals surface area contributed by atoms with Gasteiger partial charge >= 0.3 is 0 Å². The molecule has 200 valence electrons. The third-order valence-electron chi connectivity index (χ3n) is 8.13. The van der Waals surface area contributed by atoms with Gasteiger partial charge in [0.15, 0.2) is 0 Å². The Hall–Kier alpha value is -5.59. The molecular formula is C37H21N5S. The fraction of sp³-hybridized carbons (Fsp3) is 0. The van der Waals surface area contributed by atoms with Crippen molar-refractivity contribution in [1.82, 2.24) is 23.7 Å². The minimum absolute atomic E-state index is 0.903. The van der Waals surface area contributed by atoms with E-state index < -0.39 is 0 Å². The zero-order valence-electron chi connectivity index (χ0n) is 22.8. The van der Waals surface area contributed by atoms with Crippen LogP contribution in [0, 0.1) is 0 Å². The summed E-state index contributed by atoms with van der Waals surface area (Å²) in [4.78, 5) is 15.3. The lowest BCUT2D eigenvalue weighted by molar-refractivity contribution is 1.36. The minimum Gasteiger partial charge on any atom is -0.247 e. The summed E-state index contributed by atoms with van der Waals surface area (Å²) in [5, 5.41) is 5.41. The molecule has 9 aromatic rings. The van der Waals surface area contributed by atoms with Gasteiger partial charge in [0.1, 0.15) is 11.0 Å². The van der Waals surface area contributed by atoms with Crippen molar-refractivity contribution in [3.63, 3.8) is 0 Å². The van der Waals surface area contributed by atoms with Gasteiger partial charge in [0, 0.05) is 43.6 Å². The van der Waals surface area contributed by atoms with Crippen LogP contribution in [0.5, 0.6) is 0 Å². The summed E-state index contributed by atoms with van der Waals surface area (Å²) < 4.78 is 9.13. The SMILES string of the molecule is c1ccc(-c2ccc3ccc4ccc(-c5ccc(-c6nc7ccccc7c7c6ccc6nsnc67)cc5)nc4c3n2)cc1. The highest BCUT2D eigenvalue weighted by atomic mass is 32.1. The highest BCUT2D eigenvalue weighted by molar-refractivity contribution is 7.00. The van der Waals surface area contributed by atoms with Gasteiger partial charge in [-0.3, -0.25) is 0 Å². The van der Waals surface area contributed by atoms with Crippen LogP contribution in [0.2, 0.25) is 0 Å². The first-order valence-corrected chi connectivity index (χ1v) is 14.8. The average Bonchev–Trinajstić information content (AvgIpc) is 3.57. The predicted molar refractivity (Wildman–Crippen MR) is 177 cm³/mol. The van der Waals surface area contributed by atoms with Crippen molar-refractivity contribution < 1.29 is 0 Å². The largest absolute Gasteiger partial charge is 0.247 e. The standard InChI is InChI=1S/C37H21N5S/c1-2-6-22(7-3-1)29-19-16-25-14-15-26-17-20-30(39-36(26)35(25)38-29)23-10-12-24(13-11-23)34-28-18-21-32-37(42-43-41-32)33(28)27-8-4-5-9-31(27)40-34/h1-21H. The van der Waals surface area contributed by atoms with E-state index in [0.717, 1.165) is 88.3 Å². The molecule has 0 N–H and O–H groups in total. The maximum Gasteiger partial charge on any atom is 0.113 e. The normalized spacial score (nSPS) is 11.7. The maximum atomic E-state index is 5.14. The first-order valence-electron chi connectivity index (χ1n) is 14.1. The molecule has 0 fully saturated rings. The number of para-hydroxylation sites is 1. The molecular weight excluding hydrogens is 547 g/mol. The van der Waals surface area contributed by atoms with Crippen LogP contribution in [0.4, 0.5) is 0 Å². The van der Waals surface area contributed by atoms with Crippen LogP contribution in [0.15, 0.2) is 127 Å². The van der Waals surface area contributed by atoms with Crippen LogP contribution in [-0.4, -0.2) is 23.7 Å². The fourth-order valence-corrected chi connectivity index (χ4v) is 6.54.